The Morgan fingerprint density at radius 2 is 2.07 bits per heavy atom. The summed E-state index contributed by atoms with van der Waals surface area (Å²) in [6.45, 7) is 2.10. The zero-order valence-corrected chi connectivity index (χ0v) is 15.9. The fourth-order valence-electron chi connectivity index (χ4n) is 3.57. The Morgan fingerprint density at radius 3 is 2.90 bits per heavy atom. The molecule has 150 valence electrons. The standard InChI is InChI=1S/C22H23N3O4/c26-17-7-16(10-23-11-17)21-9-19(8-15-3-1-2-4-20(15)21)29-14-18(27)12-25-6-5-24-22(28)13-25/h1-4,7-11,18,26-27H,5-6,12-14H2,(H,24,28). The summed E-state index contributed by atoms with van der Waals surface area (Å²) in [6, 6.07) is 13.4. The molecule has 0 bridgehead atoms. The predicted octanol–water partition coefficient (Wildman–Crippen LogP) is 1.78. The van der Waals surface area contributed by atoms with Gasteiger partial charge in [0.05, 0.1) is 12.7 Å². The second kappa shape index (κ2) is 8.46. The van der Waals surface area contributed by atoms with Crippen LogP contribution in [0.5, 0.6) is 11.5 Å². The number of carbonyl (C=O) groups is 1. The van der Waals surface area contributed by atoms with Crippen molar-refractivity contribution in [2.45, 2.75) is 6.10 Å². The number of rotatable bonds is 6. The monoisotopic (exact) mass is 393 g/mol. The molecule has 1 amide bonds. The van der Waals surface area contributed by atoms with Crippen LogP contribution in [0.2, 0.25) is 0 Å². The van der Waals surface area contributed by atoms with Crippen molar-refractivity contribution in [3.05, 3.63) is 54.9 Å². The van der Waals surface area contributed by atoms with Crippen molar-refractivity contribution in [1.29, 1.82) is 0 Å². The molecule has 1 fully saturated rings. The number of nitrogens with zero attached hydrogens (tertiary/aromatic N) is 2. The first-order valence-electron chi connectivity index (χ1n) is 9.55. The van der Waals surface area contributed by atoms with Gasteiger partial charge in [-0.05, 0) is 34.5 Å². The van der Waals surface area contributed by atoms with Gasteiger partial charge >= 0.3 is 0 Å². The van der Waals surface area contributed by atoms with E-state index in [2.05, 4.69) is 10.3 Å². The number of fused-ring (bicyclic) bond motifs is 1. The van der Waals surface area contributed by atoms with E-state index in [4.69, 9.17) is 4.74 Å². The SMILES string of the molecule is O=C1CN(CC(O)COc2cc(-c3cncc(O)c3)c3ccccc3c2)CCN1. The minimum Gasteiger partial charge on any atom is -0.506 e. The number of benzene rings is 2. The Labute approximate surface area is 168 Å². The van der Waals surface area contributed by atoms with Gasteiger partial charge in [0.2, 0.25) is 5.91 Å². The third-order valence-electron chi connectivity index (χ3n) is 4.90. The predicted molar refractivity (Wildman–Crippen MR) is 110 cm³/mol. The number of aromatic nitrogens is 1. The average molecular weight is 393 g/mol. The molecular formula is C22H23N3O4. The second-order valence-electron chi connectivity index (χ2n) is 7.17. The van der Waals surface area contributed by atoms with Crippen molar-refractivity contribution in [1.82, 2.24) is 15.2 Å². The summed E-state index contributed by atoms with van der Waals surface area (Å²) in [5.74, 6) is 0.694. The third-order valence-corrected chi connectivity index (χ3v) is 4.90. The summed E-state index contributed by atoms with van der Waals surface area (Å²) < 4.78 is 5.88. The average Bonchev–Trinajstić information content (AvgIpc) is 2.71. The lowest BCUT2D eigenvalue weighted by molar-refractivity contribution is -0.124. The maximum atomic E-state index is 11.5. The summed E-state index contributed by atoms with van der Waals surface area (Å²) in [6.07, 6.45) is 2.38. The Hall–Kier alpha value is -3.16. The molecule has 7 heteroatoms. The van der Waals surface area contributed by atoms with E-state index in [1.54, 1.807) is 12.3 Å². The van der Waals surface area contributed by atoms with Crippen molar-refractivity contribution in [2.24, 2.45) is 0 Å². The van der Waals surface area contributed by atoms with E-state index in [1.807, 2.05) is 41.3 Å². The first-order chi connectivity index (χ1) is 14.1. The summed E-state index contributed by atoms with van der Waals surface area (Å²) >= 11 is 0. The van der Waals surface area contributed by atoms with Gasteiger partial charge in [0, 0.05) is 31.4 Å². The molecule has 4 rings (SSSR count). The van der Waals surface area contributed by atoms with Crippen LogP contribution in [0, 0.1) is 0 Å². The summed E-state index contributed by atoms with van der Waals surface area (Å²) in [5.41, 5.74) is 1.68. The van der Waals surface area contributed by atoms with E-state index in [0.29, 0.717) is 31.9 Å². The zero-order valence-electron chi connectivity index (χ0n) is 15.9. The topological polar surface area (TPSA) is 94.9 Å². The number of piperazine rings is 1. The van der Waals surface area contributed by atoms with E-state index in [0.717, 1.165) is 21.9 Å². The number of pyridine rings is 1. The van der Waals surface area contributed by atoms with Gasteiger partial charge in [-0.25, -0.2) is 0 Å². The fourth-order valence-corrected chi connectivity index (χ4v) is 3.57. The minimum atomic E-state index is -0.710. The number of aliphatic hydroxyl groups is 1. The number of nitrogens with one attached hydrogen (secondary N) is 1. The lowest BCUT2D eigenvalue weighted by atomic mass is 9.99. The maximum absolute atomic E-state index is 11.5. The smallest absolute Gasteiger partial charge is 0.234 e. The highest BCUT2D eigenvalue weighted by Crippen LogP contribution is 2.34. The number of amides is 1. The van der Waals surface area contributed by atoms with Crippen molar-refractivity contribution >= 4 is 16.7 Å². The second-order valence-corrected chi connectivity index (χ2v) is 7.17. The molecule has 1 aromatic heterocycles. The number of hydrogen-bond acceptors (Lipinski definition) is 6. The lowest BCUT2D eigenvalue weighted by Crippen LogP contribution is -2.50. The maximum Gasteiger partial charge on any atom is 0.234 e. The quantitative estimate of drug-likeness (QED) is 0.591. The molecule has 1 aliphatic heterocycles. The summed E-state index contributed by atoms with van der Waals surface area (Å²) in [7, 11) is 0. The van der Waals surface area contributed by atoms with Gasteiger partial charge in [0.1, 0.15) is 24.2 Å². The van der Waals surface area contributed by atoms with E-state index in [1.165, 1.54) is 6.20 Å². The van der Waals surface area contributed by atoms with Crippen molar-refractivity contribution < 1.29 is 19.7 Å². The molecule has 0 aliphatic carbocycles. The Morgan fingerprint density at radius 1 is 1.21 bits per heavy atom. The number of hydrogen-bond donors (Lipinski definition) is 3. The van der Waals surface area contributed by atoms with Crippen LogP contribution in [0.15, 0.2) is 54.9 Å². The molecule has 29 heavy (non-hydrogen) atoms. The highest BCUT2D eigenvalue weighted by molar-refractivity contribution is 5.97. The zero-order chi connectivity index (χ0) is 20.2. The van der Waals surface area contributed by atoms with Gasteiger partial charge in [0.15, 0.2) is 0 Å². The third kappa shape index (κ3) is 4.64. The molecule has 0 radical (unpaired) electrons. The molecular weight excluding hydrogens is 370 g/mol. The van der Waals surface area contributed by atoms with Crippen LogP contribution in [0.4, 0.5) is 0 Å². The van der Waals surface area contributed by atoms with Gasteiger partial charge < -0.3 is 20.3 Å². The Balaban J connectivity index is 1.52. The lowest BCUT2D eigenvalue weighted by Gasteiger charge is -2.28. The Kier molecular flexibility index (Phi) is 5.59. The highest BCUT2D eigenvalue weighted by Gasteiger charge is 2.19. The van der Waals surface area contributed by atoms with Gasteiger partial charge in [-0.2, -0.15) is 0 Å². The molecule has 1 unspecified atom stereocenters. The first-order valence-corrected chi connectivity index (χ1v) is 9.55. The molecule has 3 aromatic rings. The van der Waals surface area contributed by atoms with E-state index in [-0.39, 0.29) is 18.3 Å². The number of aromatic hydroxyl groups is 1. The van der Waals surface area contributed by atoms with Crippen LogP contribution in [0.1, 0.15) is 0 Å². The van der Waals surface area contributed by atoms with Gasteiger partial charge in [-0.15, -0.1) is 0 Å². The van der Waals surface area contributed by atoms with E-state index in [9.17, 15) is 15.0 Å². The number of β-amino-alcohol motifs (C(OH)–C–C–N with tert-alkyl or cyclic N) is 1. The highest BCUT2D eigenvalue weighted by atomic mass is 16.5. The molecule has 2 aromatic carbocycles. The molecule has 2 heterocycles. The van der Waals surface area contributed by atoms with Gasteiger partial charge in [-0.3, -0.25) is 14.7 Å². The molecule has 3 N–H and O–H groups in total. The van der Waals surface area contributed by atoms with Crippen LogP contribution in [0.3, 0.4) is 0 Å². The normalized spacial score (nSPS) is 15.8. The van der Waals surface area contributed by atoms with Crippen molar-refractivity contribution in [3.63, 3.8) is 0 Å². The van der Waals surface area contributed by atoms with Crippen LogP contribution in [0.25, 0.3) is 21.9 Å². The molecule has 1 aliphatic rings. The van der Waals surface area contributed by atoms with Crippen molar-refractivity contribution in [2.75, 3.05) is 32.8 Å². The van der Waals surface area contributed by atoms with Crippen molar-refractivity contribution in [3.8, 4) is 22.6 Å². The molecule has 1 atom stereocenters. The number of ether oxygens (including phenoxy) is 1. The number of aliphatic hydroxyl groups excluding tert-OH is 1. The largest absolute Gasteiger partial charge is 0.506 e. The molecule has 0 saturated carbocycles. The summed E-state index contributed by atoms with van der Waals surface area (Å²) in [4.78, 5) is 17.5. The fraction of sp³-hybridized carbons (Fsp3) is 0.273. The molecule has 0 spiro atoms. The van der Waals surface area contributed by atoms with Gasteiger partial charge in [0.25, 0.3) is 0 Å². The van der Waals surface area contributed by atoms with E-state index < -0.39 is 6.10 Å². The first kappa shape index (κ1) is 19.2. The van der Waals surface area contributed by atoms with Crippen LogP contribution in [-0.2, 0) is 4.79 Å². The number of carbonyl (C=O) groups excluding carboxylic acids is 1. The van der Waals surface area contributed by atoms with Crippen LogP contribution < -0.4 is 10.1 Å². The molecule has 1 saturated heterocycles. The van der Waals surface area contributed by atoms with E-state index >= 15 is 0 Å². The Bertz CT molecular complexity index is 1020. The van der Waals surface area contributed by atoms with Crippen LogP contribution in [-0.4, -0.2) is 64.9 Å². The summed E-state index contributed by atoms with van der Waals surface area (Å²) in [5, 5.41) is 24.9. The van der Waals surface area contributed by atoms with Gasteiger partial charge in [-0.1, -0.05) is 24.3 Å². The minimum absolute atomic E-state index is 0.0248. The van der Waals surface area contributed by atoms with Crippen LogP contribution >= 0.6 is 0 Å². The molecule has 7 nitrogen and oxygen atoms in total.